The third-order valence-corrected chi connectivity index (χ3v) is 8.49. The van der Waals surface area contributed by atoms with Gasteiger partial charge in [-0.15, -0.1) is 0 Å². The average Bonchev–Trinajstić information content (AvgIpc) is 3.60. The van der Waals surface area contributed by atoms with Crippen LogP contribution in [-0.4, -0.2) is 55.0 Å². The zero-order valence-corrected chi connectivity index (χ0v) is 23.6. The van der Waals surface area contributed by atoms with Crippen LogP contribution in [-0.2, 0) is 14.8 Å². The van der Waals surface area contributed by atoms with Gasteiger partial charge < -0.3 is 10.4 Å². The molecule has 2 N–H and O–H groups in total. The molecule has 3 aromatic rings. The van der Waals surface area contributed by atoms with Crippen LogP contribution in [0.4, 0.5) is 5.69 Å². The third-order valence-electron chi connectivity index (χ3n) is 6.78. The Labute approximate surface area is 225 Å². The van der Waals surface area contributed by atoms with E-state index in [-0.39, 0.29) is 30.7 Å². The highest BCUT2D eigenvalue weighted by Crippen LogP contribution is 2.47. The van der Waals surface area contributed by atoms with Crippen LogP contribution >= 0.6 is 15.9 Å². The molecule has 11 heteroatoms. The minimum absolute atomic E-state index is 0.0366. The van der Waals surface area contributed by atoms with E-state index in [1.807, 2.05) is 44.2 Å². The molecule has 1 aliphatic carbocycles. The summed E-state index contributed by atoms with van der Waals surface area (Å²) >= 11 is 3.42. The number of carbonyl (C=O) groups excluding carboxylic acids is 1. The molecule has 1 amide bonds. The van der Waals surface area contributed by atoms with Crippen LogP contribution in [0.25, 0.3) is 16.6 Å². The Kier molecular flexibility index (Phi) is 7.66. The molecule has 1 heterocycles. The number of hydrogen-bond acceptors (Lipinski definition) is 5. The van der Waals surface area contributed by atoms with E-state index in [1.54, 1.807) is 17.8 Å². The number of hydrogen-bond donors (Lipinski definition) is 2. The fraction of sp³-hybridized carbons (Fsp3) is 0.423. The second-order valence-electron chi connectivity index (χ2n) is 9.83. The molecule has 2 aromatic carbocycles. The fourth-order valence-corrected chi connectivity index (χ4v) is 5.86. The number of anilines is 1. The molecule has 0 radical (unpaired) electrons. The van der Waals surface area contributed by atoms with Gasteiger partial charge in [-0.1, -0.05) is 29.8 Å². The summed E-state index contributed by atoms with van der Waals surface area (Å²) in [5, 5.41) is 17.7. The van der Waals surface area contributed by atoms with E-state index in [0.29, 0.717) is 28.0 Å². The molecule has 1 saturated carbocycles. The van der Waals surface area contributed by atoms with Crippen molar-refractivity contribution in [3.8, 4) is 5.69 Å². The van der Waals surface area contributed by atoms with E-state index in [1.165, 1.54) is 4.31 Å². The van der Waals surface area contributed by atoms with Gasteiger partial charge in [0.15, 0.2) is 0 Å². The lowest BCUT2D eigenvalue weighted by Gasteiger charge is -2.27. The van der Waals surface area contributed by atoms with Crippen LogP contribution in [0.3, 0.4) is 0 Å². The number of amides is 1. The molecule has 0 aliphatic heterocycles. The predicted octanol–water partition coefficient (Wildman–Crippen LogP) is 4.54. The summed E-state index contributed by atoms with van der Waals surface area (Å²) in [7, 11) is -2.16. The molecule has 1 aliphatic rings. The number of nitrogens with zero attached hydrogens (tertiary/aromatic N) is 3. The van der Waals surface area contributed by atoms with Crippen molar-refractivity contribution in [3.05, 3.63) is 52.1 Å². The normalized spacial score (nSPS) is 14.6. The maximum Gasteiger partial charge on any atom is 0.306 e. The quantitative estimate of drug-likeness (QED) is 0.357. The third kappa shape index (κ3) is 5.67. The standard InChI is InChI=1S/C26H31BrN4O5S/c1-15(2)19(26(33)34)11-12-30(37(4,35)36)23-14-22-21(13-20(23)16-5-6-16)24(25(32)28-3)31(29-22)18-9-7-17(27)8-10-18/h7-10,13-16,19H,5-6,11-12H2,1-4H3,(H,28,32)(H,33,34). The second kappa shape index (κ2) is 10.4. The van der Waals surface area contributed by atoms with E-state index in [9.17, 15) is 23.1 Å². The smallest absolute Gasteiger partial charge is 0.306 e. The van der Waals surface area contributed by atoms with E-state index in [0.717, 1.165) is 29.1 Å². The molecule has 37 heavy (non-hydrogen) atoms. The molecule has 0 saturated heterocycles. The minimum Gasteiger partial charge on any atom is -0.481 e. The highest BCUT2D eigenvalue weighted by molar-refractivity contribution is 9.10. The van der Waals surface area contributed by atoms with Gasteiger partial charge in [0.2, 0.25) is 10.0 Å². The molecule has 9 nitrogen and oxygen atoms in total. The number of sulfonamides is 1. The molecule has 198 valence electrons. The monoisotopic (exact) mass is 590 g/mol. The molecule has 1 unspecified atom stereocenters. The van der Waals surface area contributed by atoms with Crippen LogP contribution in [0, 0.1) is 11.8 Å². The number of fused-ring (bicyclic) bond motifs is 1. The molecule has 0 bridgehead atoms. The lowest BCUT2D eigenvalue weighted by molar-refractivity contribution is -0.143. The molecule has 1 aromatic heterocycles. The van der Waals surface area contributed by atoms with Crippen molar-refractivity contribution in [2.75, 3.05) is 24.2 Å². The van der Waals surface area contributed by atoms with E-state index >= 15 is 0 Å². The summed E-state index contributed by atoms with van der Waals surface area (Å²) in [6.45, 7) is 3.68. The van der Waals surface area contributed by atoms with Gasteiger partial charge in [0.25, 0.3) is 5.91 Å². The van der Waals surface area contributed by atoms with E-state index in [4.69, 9.17) is 5.10 Å². The van der Waals surface area contributed by atoms with Gasteiger partial charge in [0, 0.05) is 23.5 Å². The first kappa shape index (κ1) is 27.1. The van der Waals surface area contributed by atoms with Crippen molar-refractivity contribution >= 4 is 54.4 Å². The van der Waals surface area contributed by atoms with Crippen LogP contribution < -0.4 is 9.62 Å². The molecular weight excluding hydrogens is 560 g/mol. The van der Waals surface area contributed by atoms with Crippen molar-refractivity contribution in [2.45, 2.75) is 39.0 Å². The molecular formula is C26H31BrN4O5S. The van der Waals surface area contributed by atoms with Crippen LogP contribution in [0.2, 0.25) is 0 Å². The van der Waals surface area contributed by atoms with Crippen molar-refractivity contribution in [1.29, 1.82) is 0 Å². The lowest BCUT2D eigenvalue weighted by Crippen LogP contribution is -2.34. The van der Waals surface area contributed by atoms with Gasteiger partial charge in [0.05, 0.1) is 29.1 Å². The van der Waals surface area contributed by atoms with Gasteiger partial charge in [0.1, 0.15) is 5.69 Å². The van der Waals surface area contributed by atoms with Gasteiger partial charge in [-0.25, -0.2) is 13.1 Å². The number of rotatable bonds is 10. The number of halogens is 1. The molecule has 1 atom stereocenters. The Hall–Kier alpha value is -2.92. The summed E-state index contributed by atoms with van der Waals surface area (Å²) in [6, 6.07) is 11.0. The van der Waals surface area contributed by atoms with Crippen LogP contribution in [0.1, 0.15) is 55.1 Å². The Bertz CT molecular complexity index is 1450. The Morgan fingerprint density at radius 1 is 1.22 bits per heavy atom. The van der Waals surface area contributed by atoms with Gasteiger partial charge in [-0.05, 0) is 73.1 Å². The Balaban J connectivity index is 1.89. The number of carboxylic acids is 1. The van der Waals surface area contributed by atoms with Crippen LogP contribution in [0.5, 0.6) is 0 Å². The zero-order chi connectivity index (χ0) is 27.1. The Morgan fingerprint density at radius 2 is 1.86 bits per heavy atom. The van der Waals surface area contributed by atoms with Gasteiger partial charge in [-0.3, -0.25) is 13.9 Å². The number of benzene rings is 2. The van der Waals surface area contributed by atoms with Crippen molar-refractivity contribution < 1.29 is 23.1 Å². The first-order valence-corrected chi connectivity index (χ1v) is 14.8. The summed E-state index contributed by atoms with van der Waals surface area (Å²) < 4.78 is 29.7. The summed E-state index contributed by atoms with van der Waals surface area (Å²) in [5.74, 6) is -1.89. The number of carbonyl (C=O) groups is 2. The number of carboxylic acid groups (broad SMARTS) is 1. The predicted molar refractivity (Wildman–Crippen MR) is 147 cm³/mol. The van der Waals surface area contributed by atoms with Crippen molar-refractivity contribution in [1.82, 2.24) is 15.1 Å². The fourth-order valence-electron chi connectivity index (χ4n) is 4.64. The topological polar surface area (TPSA) is 122 Å². The maximum atomic E-state index is 13.0. The summed E-state index contributed by atoms with van der Waals surface area (Å²) in [6.07, 6.45) is 3.14. The lowest BCUT2D eigenvalue weighted by atomic mass is 9.92. The second-order valence-corrected chi connectivity index (χ2v) is 12.7. The maximum absolute atomic E-state index is 13.0. The summed E-state index contributed by atoms with van der Waals surface area (Å²) in [4.78, 5) is 24.8. The van der Waals surface area contributed by atoms with Gasteiger partial charge in [-0.2, -0.15) is 5.10 Å². The zero-order valence-electron chi connectivity index (χ0n) is 21.2. The first-order chi connectivity index (χ1) is 17.4. The summed E-state index contributed by atoms with van der Waals surface area (Å²) in [5.41, 5.74) is 2.86. The molecule has 4 rings (SSSR count). The van der Waals surface area contributed by atoms with Crippen molar-refractivity contribution in [3.63, 3.8) is 0 Å². The highest BCUT2D eigenvalue weighted by Gasteiger charge is 2.33. The minimum atomic E-state index is -3.72. The van der Waals surface area contributed by atoms with Crippen LogP contribution in [0.15, 0.2) is 40.9 Å². The molecule has 1 fully saturated rings. The largest absolute Gasteiger partial charge is 0.481 e. The van der Waals surface area contributed by atoms with E-state index in [2.05, 4.69) is 21.2 Å². The highest BCUT2D eigenvalue weighted by atomic mass is 79.9. The van der Waals surface area contributed by atoms with Gasteiger partial charge >= 0.3 is 5.97 Å². The number of nitrogens with one attached hydrogen (secondary N) is 1. The molecule has 0 spiro atoms. The SMILES string of the molecule is CNC(=O)c1c2cc(C3CC3)c(N(CCC(C(=O)O)C(C)C)S(C)(=O)=O)cc2nn1-c1ccc(Br)cc1. The number of aliphatic carboxylic acids is 1. The first-order valence-electron chi connectivity index (χ1n) is 12.2. The van der Waals surface area contributed by atoms with Crippen molar-refractivity contribution in [2.24, 2.45) is 11.8 Å². The Morgan fingerprint density at radius 3 is 2.38 bits per heavy atom. The van der Waals surface area contributed by atoms with E-state index < -0.39 is 21.9 Å². The average molecular weight is 592 g/mol. The number of aromatic nitrogens is 2.